The number of carbonyl (C=O) groups excluding carboxylic acids is 1. The van der Waals surface area contributed by atoms with Gasteiger partial charge < -0.3 is 19.5 Å². The Morgan fingerprint density at radius 3 is 2.50 bits per heavy atom. The fraction of sp³-hybridized carbons (Fsp3) is 0.364. The summed E-state index contributed by atoms with van der Waals surface area (Å²) in [4.78, 5) is 25.6. The zero-order valence-corrected chi connectivity index (χ0v) is 16.3. The number of carbonyl (C=O) groups is 2. The van der Waals surface area contributed by atoms with Crippen molar-refractivity contribution in [3.63, 3.8) is 0 Å². The van der Waals surface area contributed by atoms with Crippen LogP contribution in [0, 0.1) is 0 Å². The molecule has 1 aliphatic heterocycles. The van der Waals surface area contributed by atoms with Crippen LogP contribution >= 0.6 is 0 Å². The third-order valence-corrected chi connectivity index (χ3v) is 4.28. The lowest BCUT2D eigenvalue weighted by molar-refractivity contribution is -0.154. The molecule has 0 saturated heterocycles. The Bertz CT molecular complexity index is 857. The smallest absolute Gasteiger partial charge is 0.346 e. The topological polar surface area (TPSA) is 76.1 Å². The van der Waals surface area contributed by atoms with Crippen LogP contribution < -0.4 is 9.64 Å². The molecule has 0 saturated carbocycles. The van der Waals surface area contributed by atoms with Gasteiger partial charge in [0.15, 0.2) is 0 Å². The van der Waals surface area contributed by atoms with Crippen LogP contribution in [0.3, 0.4) is 0 Å². The number of hydrogen-bond acceptors (Lipinski definition) is 5. The molecule has 1 heterocycles. The number of anilines is 1. The second kappa shape index (κ2) is 7.92. The first-order valence-corrected chi connectivity index (χ1v) is 9.24. The summed E-state index contributed by atoms with van der Waals surface area (Å²) < 4.78 is 11.0. The van der Waals surface area contributed by atoms with E-state index in [9.17, 15) is 14.7 Å². The van der Waals surface area contributed by atoms with E-state index in [2.05, 4.69) is 0 Å². The van der Waals surface area contributed by atoms with E-state index in [4.69, 9.17) is 9.47 Å². The molecular weight excluding hydrogens is 358 g/mol. The number of ether oxygens (including phenoxy) is 2. The Balaban J connectivity index is 1.86. The van der Waals surface area contributed by atoms with Gasteiger partial charge in [-0.1, -0.05) is 36.4 Å². The largest absolute Gasteiger partial charge is 0.478 e. The minimum atomic E-state index is -0.999. The van der Waals surface area contributed by atoms with Gasteiger partial charge in [-0.15, -0.1) is 0 Å². The van der Waals surface area contributed by atoms with E-state index >= 15 is 0 Å². The predicted octanol–water partition coefficient (Wildman–Crippen LogP) is 3.42. The molecule has 0 fully saturated rings. The monoisotopic (exact) mass is 383 g/mol. The summed E-state index contributed by atoms with van der Waals surface area (Å²) in [6.07, 6.45) is -0.792. The zero-order valence-electron chi connectivity index (χ0n) is 16.3. The molecule has 0 aliphatic carbocycles. The summed E-state index contributed by atoms with van der Waals surface area (Å²) in [6, 6.07) is 15.2. The molecule has 2 aromatic rings. The van der Waals surface area contributed by atoms with Crippen LogP contribution in [-0.4, -0.2) is 35.3 Å². The van der Waals surface area contributed by atoms with E-state index in [0.29, 0.717) is 12.3 Å². The lowest BCUT2D eigenvalue weighted by atomic mass is 10.1. The fourth-order valence-electron chi connectivity index (χ4n) is 3.14. The highest BCUT2D eigenvalue weighted by Crippen LogP contribution is 2.35. The van der Waals surface area contributed by atoms with Crippen molar-refractivity contribution in [3.05, 3.63) is 59.7 Å². The number of esters is 1. The number of carboxylic acid groups (broad SMARTS) is 1. The molecule has 1 aliphatic rings. The molecular formula is C22H25NO5. The van der Waals surface area contributed by atoms with Crippen LogP contribution in [0.5, 0.6) is 5.75 Å². The number of nitrogens with zero attached hydrogens (tertiary/aromatic N) is 1. The zero-order chi connectivity index (χ0) is 20.3. The van der Waals surface area contributed by atoms with Crippen LogP contribution in [-0.2, 0) is 27.3 Å². The van der Waals surface area contributed by atoms with E-state index in [-0.39, 0.29) is 18.9 Å². The minimum absolute atomic E-state index is 0.145. The van der Waals surface area contributed by atoms with E-state index in [0.717, 1.165) is 16.8 Å². The highest BCUT2D eigenvalue weighted by atomic mass is 16.6. The fourth-order valence-corrected chi connectivity index (χ4v) is 3.14. The highest BCUT2D eigenvalue weighted by molar-refractivity contribution is 5.77. The molecule has 28 heavy (non-hydrogen) atoms. The molecule has 0 radical (unpaired) electrons. The van der Waals surface area contributed by atoms with Gasteiger partial charge in [0.25, 0.3) is 0 Å². The SMILES string of the molecule is CC(C)(C)OC(=O)Cc1ccc2c(c1)N(Cc1ccccc1)C[C@H](C(=O)O)O2. The van der Waals surface area contributed by atoms with Gasteiger partial charge in [0.1, 0.15) is 11.4 Å². The molecule has 0 unspecified atom stereocenters. The lowest BCUT2D eigenvalue weighted by Gasteiger charge is -2.35. The molecule has 0 aromatic heterocycles. The van der Waals surface area contributed by atoms with Crippen LogP contribution in [0.4, 0.5) is 5.69 Å². The normalized spacial score (nSPS) is 16.1. The number of benzene rings is 2. The number of carboxylic acids is 1. The Morgan fingerprint density at radius 2 is 1.86 bits per heavy atom. The first-order valence-electron chi connectivity index (χ1n) is 9.24. The van der Waals surface area contributed by atoms with Gasteiger partial charge in [0, 0.05) is 6.54 Å². The van der Waals surface area contributed by atoms with Gasteiger partial charge in [0.05, 0.1) is 18.7 Å². The van der Waals surface area contributed by atoms with Gasteiger partial charge >= 0.3 is 11.9 Å². The quantitative estimate of drug-likeness (QED) is 0.798. The first-order chi connectivity index (χ1) is 13.2. The summed E-state index contributed by atoms with van der Waals surface area (Å²) in [7, 11) is 0. The van der Waals surface area contributed by atoms with Crippen molar-refractivity contribution in [2.75, 3.05) is 11.4 Å². The van der Waals surface area contributed by atoms with Gasteiger partial charge in [-0.3, -0.25) is 4.79 Å². The van der Waals surface area contributed by atoms with Gasteiger partial charge in [-0.2, -0.15) is 0 Å². The summed E-state index contributed by atoms with van der Waals surface area (Å²) >= 11 is 0. The van der Waals surface area contributed by atoms with Gasteiger partial charge in [0.2, 0.25) is 6.10 Å². The Kier molecular flexibility index (Phi) is 5.58. The number of aliphatic carboxylic acids is 1. The highest BCUT2D eigenvalue weighted by Gasteiger charge is 2.31. The molecule has 1 atom stereocenters. The van der Waals surface area contributed by atoms with Crippen LogP contribution in [0.15, 0.2) is 48.5 Å². The molecule has 148 valence electrons. The maximum absolute atomic E-state index is 12.2. The van der Waals surface area contributed by atoms with Crippen molar-refractivity contribution in [3.8, 4) is 5.75 Å². The molecule has 2 aromatic carbocycles. The second-order valence-electron chi connectivity index (χ2n) is 7.88. The van der Waals surface area contributed by atoms with Crippen molar-refractivity contribution in [1.82, 2.24) is 0 Å². The summed E-state index contributed by atoms with van der Waals surface area (Å²) in [5.74, 6) is -0.800. The van der Waals surface area contributed by atoms with Crippen LogP contribution in [0.2, 0.25) is 0 Å². The molecule has 6 heteroatoms. The Hall–Kier alpha value is -3.02. The molecule has 1 N–H and O–H groups in total. The Morgan fingerprint density at radius 1 is 1.14 bits per heavy atom. The van der Waals surface area contributed by atoms with Crippen molar-refractivity contribution in [2.24, 2.45) is 0 Å². The van der Waals surface area contributed by atoms with Crippen molar-refractivity contribution < 1.29 is 24.2 Å². The standard InChI is InChI=1S/C22H25NO5/c1-22(2,3)28-20(24)12-16-9-10-18-17(11-16)23(14-19(27-18)21(25)26)13-15-7-5-4-6-8-15/h4-11,19H,12-14H2,1-3H3,(H,25,26)/t19-/m1/s1. The molecule has 3 rings (SSSR count). The lowest BCUT2D eigenvalue weighted by Crippen LogP contribution is -2.44. The summed E-state index contributed by atoms with van der Waals surface area (Å²) in [5.41, 5.74) is 2.10. The number of rotatable bonds is 5. The predicted molar refractivity (Wildman–Crippen MR) is 106 cm³/mol. The van der Waals surface area contributed by atoms with Crippen molar-refractivity contribution >= 4 is 17.6 Å². The average molecular weight is 383 g/mol. The van der Waals surface area contributed by atoms with Crippen molar-refractivity contribution in [2.45, 2.75) is 45.4 Å². The maximum atomic E-state index is 12.2. The van der Waals surface area contributed by atoms with Crippen LogP contribution in [0.1, 0.15) is 31.9 Å². The Labute approximate surface area is 164 Å². The maximum Gasteiger partial charge on any atom is 0.346 e. The first kappa shape index (κ1) is 19.7. The average Bonchev–Trinajstić information content (AvgIpc) is 2.61. The number of fused-ring (bicyclic) bond motifs is 1. The van der Waals surface area contributed by atoms with Gasteiger partial charge in [-0.25, -0.2) is 4.79 Å². The van der Waals surface area contributed by atoms with Crippen LogP contribution in [0.25, 0.3) is 0 Å². The molecule has 6 nitrogen and oxygen atoms in total. The molecule has 0 bridgehead atoms. The molecule has 0 amide bonds. The molecule has 0 spiro atoms. The minimum Gasteiger partial charge on any atom is -0.478 e. The number of hydrogen-bond donors (Lipinski definition) is 1. The summed E-state index contributed by atoms with van der Waals surface area (Å²) in [6.45, 7) is 6.28. The third kappa shape index (κ3) is 5.03. The summed E-state index contributed by atoms with van der Waals surface area (Å²) in [5, 5.41) is 9.42. The van der Waals surface area contributed by atoms with E-state index in [1.54, 1.807) is 12.1 Å². The second-order valence-corrected chi connectivity index (χ2v) is 7.88. The van der Waals surface area contributed by atoms with E-state index in [1.807, 2.05) is 62.1 Å². The van der Waals surface area contributed by atoms with Gasteiger partial charge in [-0.05, 0) is 44.0 Å². The van der Waals surface area contributed by atoms with Crippen molar-refractivity contribution in [1.29, 1.82) is 0 Å². The van der Waals surface area contributed by atoms with E-state index in [1.165, 1.54) is 0 Å². The van der Waals surface area contributed by atoms with E-state index < -0.39 is 17.7 Å². The third-order valence-electron chi connectivity index (χ3n) is 4.28.